The number of aryl methyl sites for hydroxylation is 2. The van der Waals surface area contributed by atoms with E-state index in [9.17, 15) is 28.0 Å². The maximum atomic E-state index is 12.9. The minimum atomic E-state index is -1.19. The summed E-state index contributed by atoms with van der Waals surface area (Å²) in [6.45, 7) is 0. The summed E-state index contributed by atoms with van der Waals surface area (Å²) in [5.41, 5.74) is 4.23. The number of nitrogens with zero attached hydrogens (tertiary/aromatic N) is 3. The number of carboxylic acid groups (broad SMARTS) is 1. The zero-order chi connectivity index (χ0) is 27.3. The maximum Gasteiger partial charge on any atom is 0.335 e. The third-order valence-corrected chi connectivity index (χ3v) is 5.41. The Labute approximate surface area is 208 Å². The molecule has 1 heterocycles. The third-order valence-electron chi connectivity index (χ3n) is 5.41. The predicted octanol–water partition coefficient (Wildman–Crippen LogP) is 2.64. The molecule has 0 saturated carbocycles. The van der Waals surface area contributed by atoms with E-state index in [0.717, 1.165) is 33.0 Å². The monoisotopic (exact) mass is 506 g/mol. The molecule has 0 bridgehead atoms. The van der Waals surface area contributed by atoms with E-state index in [1.165, 1.54) is 16.8 Å². The van der Waals surface area contributed by atoms with E-state index < -0.39 is 40.3 Å². The van der Waals surface area contributed by atoms with Crippen LogP contribution in [0.5, 0.6) is 0 Å². The molecule has 1 amide bonds. The quantitative estimate of drug-likeness (QED) is 0.425. The van der Waals surface area contributed by atoms with Gasteiger partial charge in [-0.05, 0) is 35.6 Å². The van der Waals surface area contributed by atoms with Gasteiger partial charge >= 0.3 is 11.7 Å². The Kier molecular flexibility index (Phi) is 7.94. The molecule has 4 aromatic rings. The van der Waals surface area contributed by atoms with Crippen molar-refractivity contribution >= 4 is 22.6 Å². The minimum Gasteiger partial charge on any atom is -0.481 e. The molecule has 0 atom stereocenters. The second-order valence-electron chi connectivity index (χ2n) is 7.86. The van der Waals surface area contributed by atoms with Crippen LogP contribution in [-0.4, -0.2) is 26.1 Å². The standard InChI is InChI=1S/C18H16N2O4.C8H4F2N2O/c1-19-11-10-16(21)20(18(19)24)15-7-3-5-13-12(8-9-17(22)23)4-2-6-14(13)15;9-5-1-4(3-11)2-6(10)7(5)8(12)13/h2-7,10-11H,8-9H2,1H3,(H,22,23);1-2H,(H2,12,13). The van der Waals surface area contributed by atoms with Gasteiger partial charge in [0.2, 0.25) is 0 Å². The Morgan fingerprint density at radius 1 is 1.03 bits per heavy atom. The fourth-order valence-corrected chi connectivity index (χ4v) is 3.67. The van der Waals surface area contributed by atoms with Gasteiger partial charge in [0.15, 0.2) is 0 Å². The number of nitriles is 1. The van der Waals surface area contributed by atoms with Gasteiger partial charge in [-0.3, -0.25) is 14.4 Å². The van der Waals surface area contributed by atoms with Gasteiger partial charge in [-0.25, -0.2) is 18.1 Å². The molecule has 0 saturated heterocycles. The van der Waals surface area contributed by atoms with E-state index >= 15 is 0 Å². The number of hydrogen-bond acceptors (Lipinski definition) is 5. The third kappa shape index (κ3) is 5.76. The lowest BCUT2D eigenvalue weighted by molar-refractivity contribution is -0.136. The molecular formula is C26H20F2N4O5. The Morgan fingerprint density at radius 2 is 1.65 bits per heavy atom. The fourth-order valence-electron chi connectivity index (χ4n) is 3.67. The van der Waals surface area contributed by atoms with Crippen molar-refractivity contribution < 1.29 is 23.5 Å². The van der Waals surface area contributed by atoms with E-state index in [1.807, 2.05) is 24.3 Å². The van der Waals surface area contributed by atoms with Gasteiger partial charge in [0.25, 0.3) is 11.5 Å². The number of carboxylic acids is 1. The van der Waals surface area contributed by atoms with Crippen molar-refractivity contribution in [3.05, 3.63) is 110 Å². The summed E-state index contributed by atoms with van der Waals surface area (Å²) in [6.07, 6.45) is 1.85. The summed E-state index contributed by atoms with van der Waals surface area (Å²) < 4.78 is 28.2. The fraction of sp³-hybridized carbons (Fsp3) is 0.115. The van der Waals surface area contributed by atoms with Crippen molar-refractivity contribution in [3.8, 4) is 11.8 Å². The number of aromatic nitrogens is 2. The zero-order valence-corrected chi connectivity index (χ0v) is 19.4. The highest BCUT2D eigenvalue weighted by Crippen LogP contribution is 2.25. The number of benzene rings is 3. The highest BCUT2D eigenvalue weighted by Gasteiger charge is 2.15. The molecule has 0 aliphatic carbocycles. The Hall–Kier alpha value is -5.11. The lowest BCUT2D eigenvalue weighted by Gasteiger charge is -2.12. The van der Waals surface area contributed by atoms with Crippen molar-refractivity contribution in [2.75, 3.05) is 0 Å². The van der Waals surface area contributed by atoms with Crippen molar-refractivity contribution in [2.24, 2.45) is 12.8 Å². The summed E-state index contributed by atoms with van der Waals surface area (Å²) in [6, 6.07) is 15.2. The summed E-state index contributed by atoms with van der Waals surface area (Å²) in [5, 5.41) is 18.8. The minimum absolute atomic E-state index is 0.0242. The zero-order valence-electron chi connectivity index (χ0n) is 19.4. The van der Waals surface area contributed by atoms with Gasteiger partial charge < -0.3 is 15.4 Å². The summed E-state index contributed by atoms with van der Waals surface area (Å²) in [4.78, 5) is 45.9. The number of carbonyl (C=O) groups is 2. The van der Waals surface area contributed by atoms with Gasteiger partial charge in [-0.2, -0.15) is 5.26 Å². The van der Waals surface area contributed by atoms with Crippen LogP contribution in [0, 0.1) is 23.0 Å². The molecule has 4 rings (SSSR count). The highest BCUT2D eigenvalue weighted by molar-refractivity contribution is 5.93. The van der Waals surface area contributed by atoms with Gasteiger partial charge in [0, 0.05) is 31.1 Å². The highest BCUT2D eigenvalue weighted by atomic mass is 19.1. The molecule has 1 aromatic heterocycles. The molecule has 0 unspecified atom stereocenters. The number of amides is 1. The van der Waals surface area contributed by atoms with Gasteiger partial charge in [-0.15, -0.1) is 0 Å². The van der Waals surface area contributed by atoms with Crippen LogP contribution in [-0.2, 0) is 18.3 Å². The van der Waals surface area contributed by atoms with Crippen molar-refractivity contribution in [1.29, 1.82) is 5.26 Å². The maximum absolute atomic E-state index is 12.9. The number of fused-ring (bicyclic) bond motifs is 1. The Morgan fingerprint density at radius 3 is 2.24 bits per heavy atom. The van der Waals surface area contributed by atoms with Crippen LogP contribution in [0.25, 0.3) is 16.5 Å². The average Bonchev–Trinajstić information content (AvgIpc) is 2.85. The van der Waals surface area contributed by atoms with E-state index in [1.54, 1.807) is 25.2 Å². The lowest BCUT2D eigenvalue weighted by atomic mass is 9.99. The summed E-state index contributed by atoms with van der Waals surface area (Å²) in [5.74, 6) is -4.30. The lowest BCUT2D eigenvalue weighted by Crippen LogP contribution is -2.36. The van der Waals surface area contributed by atoms with Crippen molar-refractivity contribution in [2.45, 2.75) is 12.8 Å². The molecule has 9 nitrogen and oxygen atoms in total. The molecule has 0 aliphatic heterocycles. The molecule has 37 heavy (non-hydrogen) atoms. The molecule has 0 spiro atoms. The number of halogens is 2. The molecular weight excluding hydrogens is 486 g/mol. The topological polar surface area (TPSA) is 148 Å². The molecule has 3 N–H and O–H groups in total. The van der Waals surface area contributed by atoms with Crippen LogP contribution in [0.15, 0.2) is 70.4 Å². The first-order valence-electron chi connectivity index (χ1n) is 10.8. The number of aliphatic carboxylic acids is 1. The van der Waals surface area contributed by atoms with Gasteiger partial charge in [-0.1, -0.05) is 30.3 Å². The molecule has 0 radical (unpaired) electrons. The first kappa shape index (κ1) is 26.5. The van der Waals surface area contributed by atoms with Crippen LogP contribution < -0.4 is 17.0 Å². The van der Waals surface area contributed by atoms with Crippen LogP contribution in [0.2, 0.25) is 0 Å². The van der Waals surface area contributed by atoms with Crippen molar-refractivity contribution in [3.63, 3.8) is 0 Å². The number of hydrogen-bond donors (Lipinski definition) is 2. The number of primary amides is 1. The van der Waals surface area contributed by atoms with Crippen LogP contribution in [0.4, 0.5) is 8.78 Å². The smallest absolute Gasteiger partial charge is 0.335 e. The predicted molar refractivity (Wildman–Crippen MR) is 130 cm³/mol. The molecule has 0 fully saturated rings. The number of rotatable bonds is 5. The number of carbonyl (C=O) groups excluding carboxylic acids is 1. The van der Waals surface area contributed by atoms with Gasteiger partial charge in [0.1, 0.15) is 17.2 Å². The molecule has 3 aromatic carbocycles. The number of nitrogens with two attached hydrogens (primary N) is 1. The van der Waals surface area contributed by atoms with Crippen molar-refractivity contribution in [1.82, 2.24) is 9.13 Å². The normalized spacial score (nSPS) is 10.3. The van der Waals surface area contributed by atoms with Gasteiger partial charge in [0.05, 0.1) is 17.3 Å². The second-order valence-corrected chi connectivity index (χ2v) is 7.86. The molecule has 188 valence electrons. The summed E-state index contributed by atoms with van der Waals surface area (Å²) >= 11 is 0. The first-order chi connectivity index (χ1) is 17.5. The SMILES string of the molecule is Cn1ccc(=O)n(-c2cccc3c(CCC(=O)O)cccc23)c1=O.N#Cc1cc(F)c(C(N)=O)c(F)c1. The van der Waals surface area contributed by atoms with Crippen LogP contribution >= 0.6 is 0 Å². The van der Waals surface area contributed by atoms with E-state index in [0.29, 0.717) is 12.1 Å². The van der Waals surface area contributed by atoms with E-state index in [-0.39, 0.29) is 12.0 Å². The van der Waals surface area contributed by atoms with E-state index in [2.05, 4.69) is 0 Å². The molecule has 11 heteroatoms. The van der Waals surface area contributed by atoms with Crippen LogP contribution in [0.1, 0.15) is 27.9 Å². The summed E-state index contributed by atoms with van der Waals surface area (Å²) in [7, 11) is 1.59. The second kappa shape index (κ2) is 11.1. The Balaban J connectivity index is 0.000000248. The van der Waals surface area contributed by atoms with E-state index in [4.69, 9.17) is 16.1 Å². The molecule has 0 aliphatic rings. The Bertz CT molecular complexity index is 1660. The first-order valence-corrected chi connectivity index (χ1v) is 10.8. The van der Waals surface area contributed by atoms with Crippen LogP contribution in [0.3, 0.4) is 0 Å². The largest absolute Gasteiger partial charge is 0.481 e. The average molecular weight is 506 g/mol.